The van der Waals surface area contributed by atoms with Gasteiger partial charge in [0, 0.05) is 37.3 Å². The quantitative estimate of drug-likeness (QED) is 0.333. The number of nitrogens with two attached hydrogens (primary N) is 1. The van der Waals surface area contributed by atoms with E-state index in [1.807, 2.05) is 30.3 Å². The maximum Gasteiger partial charge on any atom is 0.255 e. The van der Waals surface area contributed by atoms with Gasteiger partial charge in [0.25, 0.3) is 5.91 Å². The number of aliphatic hydroxyl groups excluding tert-OH is 1. The monoisotopic (exact) mass is 532 g/mol. The van der Waals surface area contributed by atoms with Crippen molar-refractivity contribution in [2.24, 2.45) is 0 Å². The molecule has 0 saturated carbocycles. The lowest BCUT2D eigenvalue weighted by atomic mass is 9.94. The SMILES string of the molecule is COc1ccc(F)cc1C(=O)NCc1ccc(-c2nc(C3CCCN(C(=O)CO)C3)c3ccnc(N)n23)cc1. The molecular weight excluding hydrogens is 503 g/mol. The molecule has 1 aliphatic rings. The molecule has 1 saturated heterocycles. The van der Waals surface area contributed by atoms with Gasteiger partial charge in [-0.25, -0.2) is 14.4 Å². The summed E-state index contributed by atoms with van der Waals surface area (Å²) in [6.45, 7) is 0.804. The zero-order valence-corrected chi connectivity index (χ0v) is 21.4. The highest BCUT2D eigenvalue weighted by atomic mass is 19.1. The summed E-state index contributed by atoms with van der Waals surface area (Å²) in [5.74, 6) is -0.0563. The number of hydrogen-bond acceptors (Lipinski definition) is 7. The van der Waals surface area contributed by atoms with Crippen LogP contribution in [0.1, 0.15) is 40.4 Å². The van der Waals surface area contributed by atoms with Crippen molar-refractivity contribution in [3.63, 3.8) is 0 Å². The fraction of sp³-hybridized carbons (Fsp3) is 0.286. The van der Waals surface area contributed by atoms with Crippen molar-refractivity contribution < 1.29 is 23.8 Å². The molecule has 5 rings (SSSR count). The molecule has 1 atom stereocenters. The molecule has 0 aliphatic carbocycles. The van der Waals surface area contributed by atoms with E-state index in [1.54, 1.807) is 15.5 Å². The van der Waals surface area contributed by atoms with Crippen molar-refractivity contribution in [2.45, 2.75) is 25.3 Å². The summed E-state index contributed by atoms with van der Waals surface area (Å²) in [6, 6.07) is 13.2. The Morgan fingerprint density at radius 3 is 2.74 bits per heavy atom. The fourth-order valence-electron chi connectivity index (χ4n) is 5.01. The van der Waals surface area contributed by atoms with Crippen LogP contribution in [0, 0.1) is 5.82 Å². The molecule has 1 fully saturated rings. The van der Waals surface area contributed by atoms with Gasteiger partial charge < -0.3 is 25.8 Å². The van der Waals surface area contributed by atoms with Gasteiger partial charge in [0.05, 0.1) is 23.9 Å². The van der Waals surface area contributed by atoms with Crippen LogP contribution in [0.2, 0.25) is 0 Å². The highest BCUT2D eigenvalue weighted by Crippen LogP contribution is 2.33. The number of piperidine rings is 1. The molecule has 10 nitrogen and oxygen atoms in total. The van der Waals surface area contributed by atoms with Crippen LogP contribution in [0.25, 0.3) is 16.9 Å². The van der Waals surface area contributed by atoms with Gasteiger partial charge in [-0.15, -0.1) is 0 Å². The Kier molecular flexibility index (Phi) is 7.42. The van der Waals surface area contributed by atoms with Crippen LogP contribution < -0.4 is 15.8 Å². The van der Waals surface area contributed by atoms with Crippen LogP contribution >= 0.6 is 0 Å². The Labute approximate surface area is 224 Å². The van der Waals surface area contributed by atoms with Crippen molar-refractivity contribution in [1.82, 2.24) is 24.6 Å². The predicted molar refractivity (Wildman–Crippen MR) is 143 cm³/mol. The number of aliphatic hydroxyl groups is 1. The molecule has 2 aromatic heterocycles. The first-order valence-electron chi connectivity index (χ1n) is 12.6. The van der Waals surface area contributed by atoms with Crippen LogP contribution in [0.15, 0.2) is 54.7 Å². The molecule has 4 aromatic rings. The Balaban J connectivity index is 1.38. The van der Waals surface area contributed by atoms with E-state index in [4.69, 9.17) is 15.5 Å². The summed E-state index contributed by atoms with van der Waals surface area (Å²) in [5, 5.41) is 12.1. The molecule has 0 spiro atoms. The molecule has 0 radical (unpaired) electrons. The lowest BCUT2D eigenvalue weighted by Gasteiger charge is -2.31. The van der Waals surface area contributed by atoms with Gasteiger partial charge in [0.2, 0.25) is 11.9 Å². The van der Waals surface area contributed by atoms with Crippen molar-refractivity contribution >= 4 is 23.3 Å². The van der Waals surface area contributed by atoms with Crippen molar-refractivity contribution in [3.05, 3.63) is 77.4 Å². The molecule has 2 aromatic carbocycles. The second kappa shape index (κ2) is 11.1. The number of halogens is 1. The third kappa shape index (κ3) is 5.26. The summed E-state index contributed by atoms with van der Waals surface area (Å²) < 4.78 is 20.6. The molecule has 3 heterocycles. The number of nitrogens with one attached hydrogen (secondary N) is 1. The van der Waals surface area contributed by atoms with E-state index >= 15 is 0 Å². The average molecular weight is 533 g/mol. The van der Waals surface area contributed by atoms with Gasteiger partial charge >= 0.3 is 0 Å². The minimum atomic E-state index is -0.522. The minimum Gasteiger partial charge on any atom is -0.496 e. The van der Waals surface area contributed by atoms with E-state index in [2.05, 4.69) is 10.3 Å². The van der Waals surface area contributed by atoms with E-state index < -0.39 is 18.3 Å². The molecule has 1 aliphatic heterocycles. The summed E-state index contributed by atoms with van der Waals surface area (Å²) >= 11 is 0. The number of ether oxygens (including phenoxy) is 1. The second-order valence-electron chi connectivity index (χ2n) is 9.41. The van der Waals surface area contributed by atoms with E-state index in [0.29, 0.717) is 30.6 Å². The number of fused-ring (bicyclic) bond motifs is 1. The number of benzene rings is 2. The Morgan fingerprint density at radius 2 is 2.00 bits per heavy atom. The van der Waals surface area contributed by atoms with Gasteiger partial charge in [0.1, 0.15) is 24.0 Å². The zero-order chi connectivity index (χ0) is 27.5. The predicted octanol–water partition coefficient (Wildman–Crippen LogP) is 2.75. The lowest BCUT2D eigenvalue weighted by Crippen LogP contribution is -2.40. The number of anilines is 1. The maximum atomic E-state index is 13.7. The Morgan fingerprint density at radius 1 is 1.21 bits per heavy atom. The number of carbonyl (C=O) groups is 2. The molecule has 0 bridgehead atoms. The van der Waals surface area contributed by atoms with Gasteiger partial charge in [-0.1, -0.05) is 24.3 Å². The van der Waals surface area contributed by atoms with Gasteiger partial charge in [-0.3, -0.25) is 14.0 Å². The number of rotatable bonds is 7. The number of methoxy groups -OCH3 is 1. The van der Waals surface area contributed by atoms with Crippen molar-refractivity contribution in [3.8, 4) is 17.1 Å². The summed E-state index contributed by atoms with van der Waals surface area (Å²) in [6.07, 6.45) is 3.31. The Hall–Kier alpha value is -4.51. The fourth-order valence-corrected chi connectivity index (χ4v) is 5.01. The molecule has 202 valence electrons. The first-order valence-corrected chi connectivity index (χ1v) is 12.6. The highest BCUT2D eigenvalue weighted by Gasteiger charge is 2.29. The van der Waals surface area contributed by atoms with Crippen LogP contribution in [-0.2, 0) is 11.3 Å². The van der Waals surface area contributed by atoms with E-state index in [0.717, 1.165) is 41.2 Å². The van der Waals surface area contributed by atoms with E-state index in [-0.39, 0.29) is 23.9 Å². The van der Waals surface area contributed by atoms with E-state index in [9.17, 15) is 19.1 Å². The Bertz CT molecular complexity index is 1520. The standard InChI is InChI=1S/C28H29FN6O4/c1-39-23-9-8-20(29)13-21(23)27(38)32-14-17-4-6-18(7-5-17)26-33-25(22-10-11-31-28(30)35(22)26)19-3-2-12-34(15-19)24(37)16-36/h4-11,13,19,36H,2-3,12,14-16H2,1H3,(H2,30,31)(H,32,38). The number of nitrogen functional groups attached to an aromatic ring is 1. The molecule has 4 N–H and O–H groups in total. The topological polar surface area (TPSA) is 135 Å². The van der Waals surface area contributed by atoms with Crippen molar-refractivity contribution in [1.29, 1.82) is 0 Å². The number of nitrogens with zero attached hydrogens (tertiary/aromatic N) is 4. The third-order valence-corrected chi connectivity index (χ3v) is 6.98. The van der Waals surface area contributed by atoms with Crippen LogP contribution in [0.4, 0.5) is 10.3 Å². The number of aromatic nitrogens is 3. The molecule has 11 heteroatoms. The second-order valence-corrected chi connectivity index (χ2v) is 9.41. The largest absolute Gasteiger partial charge is 0.496 e. The minimum absolute atomic E-state index is 0.00546. The summed E-state index contributed by atoms with van der Waals surface area (Å²) in [7, 11) is 1.43. The number of likely N-dealkylation sites (tertiary alicyclic amines) is 1. The van der Waals surface area contributed by atoms with E-state index in [1.165, 1.54) is 19.2 Å². The number of imidazole rings is 1. The average Bonchev–Trinajstić information content (AvgIpc) is 3.37. The van der Waals surface area contributed by atoms with Crippen LogP contribution in [0.5, 0.6) is 5.75 Å². The highest BCUT2D eigenvalue weighted by molar-refractivity contribution is 5.96. The van der Waals surface area contributed by atoms with Gasteiger partial charge in [-0.2, -0.15) is 0 Å². The van der Waals surface area contributed by atoms with Gasteiger partial charge in [-0.05, 0) is 42.7 Å². The lowest BCUT2D eigenvalue weighted by molar-refractivity contribution is -0.135. The number of amides is 2. The summed E-state index contributed by atoms with van der Waals surface area (Å²) in [5.41, 5.74) is 9.67. The first kappa shape index (κ1) is 26.1. The smallest absolute Gasteiger partial charge is 0.255 e. The van der Waals surface area contributed by atoms with Crippen molar-refractivity contribution in [2.75, 3.05) is 32.5 Å². The normalized spacial score (nSPS) is 15.4. The van der Waals surface area contributed by atoms with Crippen LogP contribution in [0.3, 0.4) is 0 Å². The maximum absolute atomic E-state index is 13.7. The number of hydrogen-bond donors (Lipinski definition) is 3. The molecule has 1 unspecified atom stereocenters. The van der Waals surface area contributed by atoms with Crippen LogP contribution in [-0.4, -0.2) is 63.0 Å². The molecule has 2 amide bonds. The van der Waals surface area contributed by atoms with Gasteiger partial charge in [0.15, 0.2) is 0 Å². The third-order valence-electron chi connectivity index (χ3n) is 6.98. The zero-order valence-electron chi connectivity index (χ0n) is 21.4. The first-order chi connectivity index (χ1) is 18.9. The molecular formula is C28H29FN6O4. The summed E-state index contributed by atoms with van der Waals surface area (Å²) in [4.78, 5) is 35.6. The molecule has 39 heavy (non-hydrogen) atoms. The number of carbonyl (C=O) groups excluding carboxylic acids is 2.